The van der Waals surface area contributed by atoms with Gasteiger partial charge in [0.15, 0.2) is 0 Å². The lowest BCUT2D eigenvalue weighted by Gasteiger charge is -2.38. The van der Waals surface area contributed by atoms with Crippen LogP contribution in [0.15, 0.2) is 24.3 Å². The average Bonchev–Trinajstić information content (AvgIpc) is 3.46. The van der Waals surface area contributed by atoms with Crippen LogP contribution >= 0.6 is 0 Å². The highest BCUT2D eigenvalue weighted by Gasteiger charge is 2.55. The second kappa shape index (κ2) is 7.52. The summed E-state index contributed by atoms with van der Waals surface area (Å²) in [5.74, 6) is 0.115. The normalized spacial score (nSPS) is 26.7. The van der Waals surface area contributed by atoms with E-state index in [0.29, 0.717) is 31.6 Å². The molecule has 2 fully saturated rings. The van der Waals surface area contributed by atoms with Gasteiger partial charge in [0.25, 0.3) is 0 Å². The summed E-state index contributed by atoms with van der Waals surface area (Å²) in [4.78, 5) is 5.13. The molecule has 0 unspecified atom stereocenters. The number of hydrogen-bond donors (Lipinski definition) is 1. The number of benzene rings is 1. The van der Waals surface area contributed by atoms with Crippen molar-refractivity contribution < 1.29 is 27.8 Å². The molecule has 4 nitrogen and oxygen atoms in total. The number of halogens is 3. The van der Waals surface area contributed by atoms with Gasteiger partial charge < -0.3 is 14.6 Å². The van der Waals surface area contributed by atoms with Gasteiger partial charge in [-0.05, 0) is 60.3 Å². The van der Waals surface area contributed by atoms with Gasteiger partial charge >= 0.3 is 6.18 Å². The molecule has 7 heteroatoms. The topological polar surface area (TPSA) is 51.6 Å². The molecule has 6 rings (SSSR count). The lowest BCUT2D eigenvalue weighted by Crippen LogP contribution is -2.36. The Kier molecular flexibility index (Phi) is 4.98. The minimum atomic E-state index is -4.39. The Morgan fingerprint density at radius 3 is 2.29 bits per heavy atom. The Bertz CT molecular complexity index is 1120. The molecule has 1 aromatic heterocycles. The SMILES string of the molecule is CC(C)c1nc2c(c3c1[C@H](c1ccc(C(F)(F)F)cc1)OC31CCOCC1)[C@@H](O)CC1(CC1)C2. The number of aliphatic hydroxyl groups excluding tert-OH is 1. The third kappa shape index (κ3) is 3.42. The van der Waals surface area contributed by atoms with Crippen LogP contribution in [0.4, 0.5) is 13.2 Å². The molecule has 4 aliphatic rings. The second-order valence-corrected chi connectivity index (χ2v) is 10.9. The van der Waals surface area contributed by atoms with Crippen molar-refractivity contribution in [2.75, 3.05) is 13.2 Å². The van der Waals surface area contributed by atoms with Crippen molar-refractivity contribution in [3.05, 3.63) is 63.5 Å². The van der Waals surface area contributed by atoms with E-state index in [0.717, 1.165) is 65.9 Å². The van der Waals surface area contributed by atoms with Crippen molar-refractivity contribution in [3.8, 4) is 0 Å². The van der Waals surface area contributed by atoms with Crippen molar-refractivity contribution in [2.45, 2.75) is 82.3 Å². The number of ether oxygens (including phenoxy) is 2. The van der Waals surface area contributed by atoms with Crippen LogP contribution in [0, 0.1) is 5.41 Å². The molecule has 1 N–H and O–H groups in total. The van der Waals surface area contributed by atoms with E-state index in [-0.39, 0.29) is 11.3 Å². The molecule has 182 valence electrons. The predicted octanol–water partition coefficient (Wildman–Crippen LogP) is 6.11. The Morgan fingerprint density at radius 1 is 1.03 bits per heavy atom. The number of rotatable bonds is 2. The maximum absolute atomic E-state index is 13.2. The van der Waals surface area contributed by atoms with Gasteiger partial charge in [-0.1, -0.05) is 26.0 Å². The number of fused-ring (bicyclic) bond motifs is 4. The Balaban J connectivity index is 1.56. The smallest absolute Gasteiger partial charge is 0.388 e. The molecular formula is C27H30F3NO3. The molecule has 1 saturated heterocycles. The zero-order chi connectivity index (χ0) is 23.9. The molecule has 0 bridgehead atoms. The summed E-state index contributed by atoms with van der Waals surface area (Å²) in [5, 5.41) is 11.4. The first-order valence-corrected chi connectivity index (χ1v) is 12.3. The molecule has 1 saturated carbocycles. The van der Waals surface area contributed by atoms with Crippen LogP contribution in [0.1, 0.15) is 103 Å². The molecule has 3 heterocycles. The fourth-order valence-corrected chi connectivity index (χ4v) is 6.36. The summed E-state index contributed by atoms with van der Waals surface area (Å²) in [5.41, 5.74) is 4.39. The van der Waals surface area contributed by atoms with Crippen LogP contribution < -0.4 is 0 Å². The zero-order valence-electron chi connectivity index (χ0n) is 19.5. The highest BCUT2D eigenvalue weighted by Crippen LogP contribution is 2.62. The monoisotopic (exact) mass is 473 g/mol. The summed E-state index contributed by atoms with van der Waals surface area (Å²) >= 11 is 0. The summed E-state index contributed by atoms with van der Waals surface area (Å²) in [6.45, 7) is 5.29. The van der Waals surface area contributed by atoms with E-state index in [1.54, 1.807) is 0 Å². The first kappa shape index (κ1) is 22.5. The summed E-state index contributed by atoms with van der Waals surface area (Å²) in [6, 6.07) is 5.30. The molecule has 2 aromatic rings. The molecule has 2 aliphatic heterocycles. The minimum absolute atomic E-state index is 0.115. The molecule has 2 aliphatic carbocycles. The number of nitrogens with zero attached hydrogens (tertiary/aromatic N) is 1. The van der Waals surface area contributed by atoms with Gasteiger partial charge in [0.1, 0.15) is 6.10 Å². The number of aliphatic hydroxyl groups is 1. The average molecular weight is 474 g/mol. The molecule has 0 amide bonds. The van der Waals surface area contributed by atoms with Gasteiger partial charge in [0.2, 0.25) is 0 Å². The quantitative estimate of drug-likeness (QED) is 0.572. The third-order valence-corrected chi connectivity index (χ3v) is 8.29. The molecule has 0 radical (unpaired) electrons. The maximum atomic E-state index is 13.2. The fourth-order valence-electron chi connectivity index (χ4n) is 6.36. The number of pyridine rings is 1. The lowest BCUT2D eigenvalue weighted by atomic mass is 9.73. The fraction of sp³-hybridized carbons (Fsp3) is 0.593. The molecule has 2 atom stereocenters. The van der Waals surface area contributed by atoms with Gasteiger partial charge in [-0.2, -0.15) is 13.2 Å². The summed E-state index contributed by atoms with van der Waals surface area (Å²) in [7, 11) is 0. The lowest BCUT2D eigenvalue weighted by molar-refractivity contribution is -0.137. The van der Waals surface area contributed by atoms with Crippen molar-refractivity contribution in [1.29, 1.82) is 0 Å². The highest BCUT2D eigenvalue weighted by molar-refractivity contribution is 5.54. The van der Waals surface area contributed by atoms with E-state index in [1.165, 1.54) is 12.1 Å². The van der Waals surface area contributed by atoms with Gasteiger partial charge in [0.05, 0.1) is 17.3 Å². The van der Waals surface area contributed by atoms with E-state index in [4.69, 9.17) is 14.5 Å². The van der Waals surface area contributed by atoms with E-state index >= 15 is 0 Å². The van der Waals surface area contributed by atoms with Gasteiger partial charge in [-0.25, -0.2) is 0 Å². The summed E-state index contributed by atoms with van der Waals surface area (Å²) < 4.78 is 52.1. The molecule has 2 spiro atoms. The zero-order valence-corrected chi connectivity index (χ0v) is 19.5. The van der Waals surface area contributed by atoms with Crippen LogP contribution in [0.5, 0.6) is 0 Å². The van der Waals surface area contributed by atoms with E-state index < -0.39 is 29.5 Å². The van der Waals surface area contributed by atoms with Crippen molar-refractivity contribution in [2.24, 2.45) is 5.41 Å². The van der Waals surface area contributed by atoms with Crippen LogP contribution in [0.3, 0.4) is 0 Å². The van der Waals surface area contributed by atoms with Crippen molar-refractivity contribution >= 4 is 0 Å². The highest BCUT2D eigenvalue weighted by atomic mass is 19.4. The third-order valence-electron chi connectivity index (χ3n) is 8.29. The van der Waals surface area contributed by atoms with Crippen molar-refractivity contribution in [1.82, 2.24) is 4.98 Å². The van der Waals surface area contributed by atoms with E-state index in [2.05, 4.69) is 13.8 Å². The predicted molar refractivity (Wildman–Crippen MR) is 119 cm³/mol. The summed E-state index contributed by atoms with van der Waals surface area (Å²) in [6.07, 6.45) is -0.311. The van der Waals surface area contributed by atoms with E-state index in [1.807, 2.05) is 0 Å². The van der Waals surface area contributed by atoms with Gasteiger partial charge in [-0.15, -0.1) is 0 Å². The first-order valence-electron chi connectivity index (χ1n) is 12.3. The number of aromatic nitrogens is 1. The molecule has 1 aromatic carbocycles. The van der Waals surface area contributed by atoms with Gasteiger partial charge in [0, 0.05) is 48.6 Å². The number of hydrogen-bond acceptors (Lipinski definition) is 4. The van der Waals surface area contributed by atoms with Gasteiger partial charge in [-0.3, -0.25) is 4.98 Å². The Hall–Kier alpha value is -1.96. The molecular weight excluding hydrogens is 443 g/mol. The van der Waals surface area contributed by atoms with Crippen LogP contribution in [-0.4, -0.2) is 23.3 Å². The first-order chi connectivity index (χ1) is 16.1. The second-order valence-electron chi connectivity index (χ2n) is 10.9. The van der Waals surface area contributed by atoms with Crippen LogP contribution in [0.25, 0.3) is 0 Å². The van der Waals surface area contributed by atoms with Crippen LogP contribution in [0.2, 0.25) is 0 Å². The number of alkyl halides is 3. The Labute approximate surface area is 197 Å². The van der Waals surface area contributed by atoms with E-state index in [9.17, 15) is 18.3 Å². The standard InChI is InChI=1S/C27H30F3NO3/c1-15(2)23-21-22(20-18(31-23)13-25(7-8-25)14-19(20)32)26(9-11-33-12-10-26)34-24(21)16-3-5-17(6-4-16)27(28,29)30/h3-6,15,19,24,32H,7-14H2,1-2H3/t19-,24-/m0/s1. The van der Waals surface area contributed by atoms with Crippen molar-refractivity contribution in [3.63, 3.8) is 0 Å². The minimum Gasteiger partial charge on any atom is -0.388 e. The Morgan fingerprint density at radius 2 is 1.71 bits per heavy atom. The largest absolute Gasteiger partial charge is 0.416 e. The van der Waals surface area contributed by atoms with Crippen LogP contribution in [-0.2, 0) is 27.7 Å². The molecule has 34 heavy (non-hydrogen) atoms. The maximum Gasteiger partial charge on any atom is 0.416 e.